The minimum absolute atomic E-state index is 0. The van der Waals surface area contributed by atoms with Gasteiger partial charge in [-0.15, -0.1) is 12.4 Å². The summed E-state index contributed by atoms with van der Waals surface area (Å²) in [6.07, 6.45) is 3.29. The minimum atomic E-state index is -0.635. The summed E-state index contributed by atoms with van der Waals surface area (Å²) in [5, 5.41) is 1.10. The van der Waals surface area contributed by atoms with E-state index >= 15 is 0 Å². The molecule has 2 fully saturated rings. The quantitative estimate of drug-likeness (QED) is 0.435. The average molecular weight is 610 g/mol. The second-order valence-corrected chi connectivity index (χ2v) is 12.8. The van der Waals surface area contributed by atoms with Gasteiger partial charge in [-0.1, -0.05) is 41.4 Å². The number of primary amides is 1. The number of rotatable bonds is 8. The van der Waals surface area contributed by atoms with Crippen LogP contribution in [0.15, 0.2) is 36.4 Å². The van der Waals surface area contributed by atoms with Crippen molar-refractivity contribution in [3.8, 4) is 0 Å². The molecule has 40 heavy (non-hydrogen) atoms. The van der Waals surface area contributed by atoms with Crippen molar-refractivity contribution in [3.05, 3.63) is 68.7 Å². The van der Waals surface area contributed by atoms with Gasteiger partial charge in [-0.05, 0) is 94.0 Å². The van der Waals surface area contributed by atoms with Crippen LogP contribution in [0, 0.1) is 13.8 Å². The van der Waals surface area contributed by atoms with E-state index < -0.39 is 5.54 Å². The lowest BCUT2D eigenvalue weighted by molar-refractivity contribution is -0.133. The highest BCUT2D eigenvalue weighted by Gasteiger charge is 2.40. The fourth-order valence-corrected chi connectivity index (χ4v) is 6.63. The normalized spacial score (nSPS) is 20.7. The Hall–Kier alpha value is -1.83. The lowest BCUT2D eigenvalue weighted by atomic mass is 9.71. The average Bonchev–Trinajstić information content (AvgIpc) is 2.88. The first-order valence-corrected chi connectivity index (χ1v) is 14.7. The molecule has 6 nitrogen and oxygen atoms in total. The first-order chi connectivity index (χ1) is 18.4. The van der Waals surface area contributed by atoms with Gasteiger partial charge in [0.25, 0.3) is 0 Å². The van der Waals surface area contributed by atoms with E-state index in [0.29, 0.717) is 23.0 Å². The van der Waals surface area contributed by atoms with Crippen LogP contribution in [-0.2, 0) is 21.4 Å². The van der Waals surface area contributed by atoms with Crippen molar-refractivity contribution < 1.29 is 9.59 Å². The van der Waals surface area contributed by atoms with Gasteiger partial charge in [0, 0.05) is 54.7 Å². The number of likely N-dealkylation sites (tertiary alicyclic amines) is 1. The van der Waals surface area contributed by atoms with Crippen molar-refractivity contribution in [2.45, 2.75) is 64.3 Å². The Bertz CT molecular complexity index is 1190. The van der Waals surface area contributed by atoms with E-state index in [2.05, 4.69) is 41.8 Å². The molecule has 2 heterocycles. The molecule has 220 valence electrons. The van der Waals surface area contributed by atoms with Crippen LogP contribution in [0.1, 0.15) is 55.4 Å². The number of hydrogen-bond donors (Lipinski definition) is 1. The second-order valence-electron chi connectivity index (χ2n) is 12.0. The summed E-state index contributed by atoms with van der Waals surface area (Å²) < 4.78 is 0. The van der Waals surface area contributed by atoms with Gasteiger partial charge in [0.1, 0.15) is 0 Å². The van der Waals surface area contributed by atoms with E-state index in [1.807, 2.05) is 30.9 Å². The maximum atomic E-state index is 13.5. The second kappa shape index (κ2) is 13.4. The minimum Gasteiger partial charge on any atom is -0.368 e. The van der Waals surface area contributed by atoms with Gasteiger partial charge in [0.15, 0.2) is 0 Å². The van der Waals surface area contributed by atoms with Gasteiger partial charge < -0.3 is 15.5 Å². The Morgan fingerprint density at radius 1 is 0.950 bits per heavy atom. The standard InChI is InChI=1S/C31H42Cl2N4O2.ClH/c1-22-6-7-25(16-23(22)2)31(9-11-35-12-14-37(15-13-35)30(3,4)29(34)39)8-5-10-36(21-31)28(38)19-24-17-26(32)20-27(33)18-24;/h6-7,16-18,20H,5,8-15,19,21H2,1-4H3,(H2,34,39);1H. The largest absolute Gasteiger partial charge is 0.368 e. The molecule has 2 aliphatic heterocycles. The third kappa shape index (κ3) is 7.51. The van der Waals surface area contributed by atoms with Gasteiger partial charge in [-0.2, -0.15) is 0 Å². The van der Waals surface area contributed by atoms with E-state index in [-0.39, 0.29) is 29.6 Å². The third-order valence-corrected chi connectivity index (χ3v) is 9.44. The van der Waals surface area contributed by atoms with E-state index in [9.17, 15) is 9.59 Å². The maximum Gasteiger partial charge on any atom is 0.237 e. The van der Waals surface area contributed by atoms with Gasteiger partial charge in [0.2, 0.25) is 11.8 Å². The van der Waals surface area contributed by atoms with Crippen molar-refractivity contribution >= 4 is 47.4 Å². The molecule has 2 N–H and O–H groups in total. The van der Waals surface area contributed by atoms with Crippen molar-refractivity contribution in [1.29, 1.82) is 0 Å². The van der Waals surface area contributed by atoms with E-state index in [4.69, 9.17) is 28.9 Å². The molecule has 0 bridgehead atoms. The van der Waals surface area contributed by atoms with E-state index in [0.717, 1.165) is 64.1 Å². The molecule has 0 radical (unpaired) electrons. The molecule has 0 aliphatic carbocycles. The SMILES string of the molecule is Cc1ccc(C2(CCN3CCN(C(C)(C)C(N)=O)CC3)CCCN(C(=O)Cc3cc(Cl)cc(Cl)c3)C2)cc1C.Cl. The Kier molecular flexibility index (Phi) is 11.0. The number of nitrogens with zero attached hydrogens (tertiary/aromatic N) is 3. The van der Waals surface area contributed by atoms with Crippen LogP contribution >= 0.6 is 35.6 Å². The van der Waals surface area contributed by atoms with Crippen LogP contribution in [0.3, 0.4) is 0 Å². The molecule has 9 heteroatoms. The van der Waals surface area contributed by atoms with Gasteiger partial charge >= 0.3 is 0 Å². The Labute approximate surface area is 255 Å². The summed E-state index contributed by atoms with van der Waals surface area (Å²) in [5.41, 5.74) is 9.64. The Morgan fingerprint density at radius 2 is 1.60 bits per heavy atom. The molecule has 2 aliphatic rings. The van der Waals surface area contributed by atoms with Gasteiger partial charge in [-0.25, -0.2) is 0 Å². The molecular formula is C31H43Cl3N4O2. The van der Waals surface area contributed by atoms with Crippen molar-refractivity contribution in [2.24, 2.45) is 5.73 Å². The number of piperidine rings is 1. The lowest BCUT2D eigenvalue weighted by Crippen LogP contribution is -2.60. The van der Waals surface area contributed by atoms with E-state index in [1.54, 1.807) is 6.07 Å². The van der Waals surface area contributed by atoms with Crippen molar-refractivity contribution in [2.75, 3.05) is 45.8 Å². The molecule has 0 saturated carbocycles. The zero-order valence-corrected chi connectivity index (χ0v) is 26.5. The summed E-state index contributed by atoms with van der Waals surface area (Å²) in [5.74, 6) is -0.166. The number of hydrogen-bond acceptors (Lipinski definition) is 4. The Morgan fingerprint density at radius 3 is 2.20 bits per heavy atom. The number of carbonyl (C=O) groups excluding carboxylic acids is 2. The number of nitrogens with two attached hydrogens (primary N) is 1. The third-order valence-electron chi connectivity index (χ3n) is 9.00. The summed E-state index contributed by atoms with van der Waals surface area (Å²) in [7, 11) is 0. The zero-order valence-electron chi connectivity index (χ0n) is 24.1. The molecule has 0 aromatic heterocycles. The molecule has 2 saturated heterocycles. The van der Waals surface area contributed by atoms with Crippen molar-refractivity contribution in [1.82, 2.24) is 14.7 Å². The lowest BCUT2D eigenvalue weighted by Gasteiger charge is -2.46. The number of aryl methyl sites for hydroxylation is 2. The smallest absolute Gasteiger partial charge is 0.237 e. The topological polar surface area (TPSA) is 69.9 Å². The fraction of sp³-hybridized carbons (Fsp3) is 0.548. The number of benzene rings is 2. The number of amides is 2. The Balaban J connectivity index is 0.00000441. The molecule has 2 aromatic rings. The zero-order chi connectivity index (χ0) is 28.4. The summed E-state index contributed by atoms with van der Waals surface area (Å²) >= 11 is 12.4. The van der Waals surface area contributed by atoms with E-state index in [1.165, 1.54) is 16.7 Å². The molecule has 2 amide bonds. The van der Waals surface area contributed by atoms with Gasteiger partial charge in [-0.3, -0.25) is 14.5 Å². The van der Waals surface area contributed by atoms with Crippen LogP contribution in [0.5, 0.6) is 0 Å². The molecule has 1 atom stereocenters. The summed E-state index contributed by atoms with van der Waals surface area (Å²) in [6, 6.07) is 12.1. The predicted molar refractivity (Wildman–Crippen MR) is 167 cm³/mol. The van der Waals surface area contributed by atoms with Crippen LogP contribution in [0.2, 0.25) is 10.0 Å². The number of halogens is 3. The first-order valence-electron chi connectivity index (χ1n) is 14.0. The van der Waals surface area contributed by atoms with Crippen LogP contribution in [0.25, 0.3) is 0 Å². The molecule has 0 spiro atoms. The molecule has 2 aromatic carbocycles. The number of carbonyl (C=O) groups is 2. The fourth-order valence-electron chi connectivity index (χ4n) is 6.06. The highest BCUT2D eigenvalue weighted by Crippen LogP contribution is 2.39. The number of piperazine rings is 1. The first kappa shape index (κ1) is 32.7. The van der Waals surface area contributed by atoms with Gasteiger partial charge in [0.05, 0.1) is 12.0 Å². The molecular weight excluding hydrogens is 567 g/mol. The monoisotopic (exact) mass is 608 g/mol. The van der Waals surface area contributed by atoms with Crippen LogP contribution in [0.4, 0.5) is 0 Å². The highest BCUT2D eigenvalue weighted by molar-refractivity contribution is 6.34. The molecule has 4 rings (SSSR count). The van der Waals surface area contributed by atoms with Crippen molar-refractivity contribution in [3.63, 3.8) is 0 Å². The summed E-state index contributed by atoms with van der Waals surface area (Å²) in [6.45, 7) is 14.0. The predicted octanol–water partition coefficient (Wildman–Crippen LogP) is 5.41. The van der Waals surface area contributed by atoms with Crippen LogP contribution in [-0.4, -0.2) is 77.9 Å². The maximum absolute atomic E-state index is 13.5. The molecule has 1 unspecified atom stereocenters. The van der Waals surface area contributed by atoms with Crippen LogP contribution < -0.4 is 5.73 Å². The summed E-state index contributed by atoms with van der Waals surface area (Å²) in [4.78, 5) is 32.2. The highest BCUT2D eigenvalue weighted by atomic mass is 35.5.